The van der Waals surface area contributed by atoms with Gasteiger partial charge in [0.15, 0.2) is 0 Å². The van der Waals surface area contributed by atoms with Crippen molar-refractivity contribution in [2.75, 3.05) is 13.7 Å². The second-order valence-corrected chi connectivity index (χ2v) is 8.20. The Kier molecular flexibility index (Phi) is 7.75. The number of unbranched alkanes of at least 4 members (excludes halogenated alkanes) is 2. The molecule has 0 unspecified atom stereocenters. The average Bonchev–Trinajstić information content (AvgIpc) is 3.28. The summed E-state index contributed by atoms with van der Waals surface area (Å²) < 4.78 is 10.7. The lowest BCUT2D eigenvalue weighted by molar-refractivity contribution is 0.0601. The summed E-state index contributed by atoms with van der Waals surface area (Å²) in [4.78, 5) is 19.6. The van der Waals surface area contributed by atoms with Crippen molar-refractivity contribution in [2.24, 2.45) is 0 Å². The van der Waals surface area contributed by atoms with E-state index in [-0.39, 0.29) is 5.97 Å². The van der Waals surface area contributed by atoms with Crippen LogP contribution in [0.15, 0.2) is 72.8 Å². The van der Waals surface area contributed by atoms with Crippen LogP contribution in [0.1, 0.15) is 46.6 Å². The number of aryl methyl sites for hydroxylation is 3. The number of aromatic nitrogens is 2. The molecule has 33 heavy (non-hydrogen) atoms. The van der Waals surface area contributed by atoms with Gasteiger partial charge >= 0.3 is 5.97 Å². The van der Waals surface area contributed by atoms with Crippen LogP contribution in [-0.4, -0.2) is 29.7 Å². The number of benzene rings is 3. The normalized spacial score (nSPS) is 10.9. The zero-order valence-electron chi connectivity index (χ0n) is 19.0. The summed E-state index contributed by atoms with van der Waals surface area (Å²) in [5.41, 5.74) is 4.85. The molecule has 0 aliphatic carbocycles. The van der Waals surface area contributed by atoms with E-state index in [4.69, 9.17) is 9.47 Å². The first-order valence-electron chi connectivity index (χ1n) is 11.5. The van der Waals surface area contributed by atoms with E-state index in [1.54, 1.807) is 12.1 Å². The molecule has 0 amide bonds. The molecule has 0 aliphatic rings. The molecule has 0 radical (unpaired) electrons. The van der Waals surface area contributed by atoms with E-state index in [2.05, 4.69) is 52.4 Å². The third kappa shape index (κ3) is 6.45. The zero-order valence-corrected chi connectivity index (χ0v) is 19.0. The average molecular weight is 443 g/mol. The molecule has 170 valence electrons. The maximum Gasteiger partial charge on any atom is 0.337 e. The Balaban J connectivity index is 1.19. The zero-order chi connectivity index (χ0) is 22.9. The molecule has 0 saturated heterocycles. The highest BCUT2D eigenvalue weighted by atomic mass is 16.5. The maximum absolute atomic E-state index is 11.7. The summed E-state index contributed by atoms with van der Waals surface area (Å²) in [5, 5.41) is 0. The lowest BCUT2D eigenvalue weighted by atomic mass is 10.1. The summed E-state index contributed by atoms with van der Waals surface area (Å²) in [6.07, 6.45) is 6.24. The van der Waals surface area contributed by atoms with E-state index in [9.17, 15) is 4.79 Å². The molecule has 5 nitrogen and oxygen atoms in total. The van der Waals surface area contributed by atoms with Gasteiger partial charge in [0.05, 0.1) is 30.3 Å². The first kappa shape index (κ1) is 22.6. The predicted molar refractivity (Wildman–Crippen MR) is 131 cm³/mol. The number of carbonyl (C=O) groups is 1. The van der Waals surface area contributed by atoms with Crippen LogP contribution in [0.5, 0.6) is 5.75 Å². The molecular weight excluding hydrogens is 412 g/mol. The first-order valence-corrected chi connectivity index (χ1v) is 11.5. The minimum absolute atomic E-state index is 0.351. The molecule has 0 bridgehead atoms. The number of esters is 1. The van der Waals surface area contributed by atoms with Crippen molar-refractivity contribution in [2.45, 2.75) is 38.5 Å². The number of carbonyl (C=O) groups excluding carboxylic acids is 1. The molecule has 5 heteroatoms. The van der Waals surface area contributed by atoms with Crippen molar-refractivity contribution in [3.63, 3.8) is 0 Å². The number of nitrogens with zero attached hydrogens (tertiary/aromatic N) is 1. The van der Waals surface area contributed by atoms with E-state index in [1.807, 2.05) is 18.2 Å². The Hall–Kier alpha value is -3.60. The van der Waals surface area contributed by atoms with Crippen LogP contribution in [0.4, 0.5) is 0 Å². The molecule has 4 aromatic rings. The molecule has 0 atom stereocenters. The standard InChI is InChI=1S/C28H30N2O3/c1-32-28(31)23-14-17-25-26(20-23)30-27(29-25)18-13-22-11-15-24(16-12-22)33-19-7-3-6-10-21-8-4-2-5-9-21/h2,4-5,8-9,11-12,14-17,20H,3,6-7,10,13,18-19H2,1H3,(H,29,30). The molecule has 3 aromatic carbocycles. The number of hydrogen-bond donors (Lipinski definition) is 1. The number of H-pyrrole nitrogens is 1. The van der Waals surface area contributed by atoms with E-state index in [1.165, 1.54) is 31.1 Å². The number of imidazole rings is 1. The topological polar surface area (TPSA) is 64.2 Å². The van der Waals surface area contributed by atoms with Crippen molar-refractivity contribution in [3.05, 3.63) is 95.3 Å². The summed E-state index contributed by atoms with van der Waals surface area (Å²) >= 11 is 0. The number of nitrogens with one attached hydrogen (secondary N) is 1. The maximum atomic E-state index is 11.7. The quantitative estimate of drug-likeness (QED) is 0.231. The van der Waals surface area contributed by atoms with E-state index in [0.717, 1.165) is 54.9 Å². The molecule has 0 saturated carbocycles. The number of fused-ring (bicyclic) bond motifs is 1. The van der Waals surface area contributed by atoms with Gasteiger partial charge in [0.2, 0.25) is 0 Å². The molecule has 0 aliphatic heterocycles. The number of hydrogen-bond acceptors (Lipinski definition) is 4. The highest BCUT2D eigenvalue weighted by Crippen LogP contribution is 2.18. The van der Waals surface area contributed by atoms with Crippen LogP contribution in [0.3, 0.4) is 0 Å². The highest BCUT2D eigenvalue weighted by Gasteiger charge is 2.09. The van der Waals surface area contributed by atoms with Crippen molar-refractivity contribution in [1.82, 2.24) is 9.97 Å². The fourth-order valence-corrected chi connectivity index (χ4v) is 3.88. The van der Waals surface area contributed by atoms with Crippen LogP contribution < -0.4 is 4.74 Å². The lowest BCUT2D eigenvalue weighted by Crippen LogP contribution is -2.00. The van der Waals surface area contributed by atoms with Crippen LogP contribution in [0.2, 0.25) is 0 Å². The van der Waals surface area contributed by atoms with Gasteiger partial charge in [-0.3, -0.25) is 0 Å². The smallest absolute Gasteiger partial charge is 0.337 e. The highest BCUT2D eigenvalue weighted by molar-refractivity contribution is 5.93. The Bertz CT molecular complexity index is 1170. The Labute approximate surface area is 194 Å². The number of ether oxygens (including phenoxy) is 2. The molecule has 1 aromatic heterocycles. The summed E-state index contributed by atoms with van der Waals surface area (Å²) in [5.74, 6) is 1.47. The summed E-state index contributed by atoms with van der Waals surface area (Å²) in [6.45, 7) is 0.751. The minimum Gasteiger partial charge on any atom is -0.494 e. The van der Waals surface area contributed by atoms with E-state index in [0.29, 0.717) is 5.56 Å². The third-order valence-corrected chi connectivity index (χ3v) is 5.75. The molecule has 1 N–H and O–H groups in total. The van der Waals surface area contributed by atoms with Gasteiger partial charge in [0.25, 0.3) is 0 Å². The predicted octanol–water partition coefficient (Wildman–Crippen LogP) is 5.93. The van der Waals surface area contributed by atoms with Gasteiger partial charge in [-0.1, -0.05) is 42.5 Å². The number of aromatic amines is 1. The monoisotopic (exact) mass is 442 g/mol. The molecular formula is C28H30N2O3. The van der Waals surface area contributed by atoms with Crippen molar-refractivity contribution in [1.29, 1.82) is 0 Å². The van der Waals surface area contributed by atoms with E-state index < -0.39 is 0 Å². The molecule has 1 heterocycles. The van der Waals surface area contributed by atoms with E-state index >= 15 is 0 Å². The second kappa shape index (κ2) is 11.3. The fourth-order valence-electron chi connectivity index (χ4n) is 3.88. The lowest BCUT2D eigenvalue weighted by Gasteiger charge is -2.07. The van der Waals surface area contributed by atoms with Gasteiger partial charge in [-0.05, 0) is 73.6 Å². The van der Waals surface area contributed by atoms with Crippen LogP contribution >= 0.6 is 0 Å². The van der Waals surface area contributed by atoms with Crippen LogP contribution in [0.25, 0.3) is 11.0 Å². The molecule has 0 fully saturated rings. The van der Waals surface area contributed by atoms with Gasteiger partial charge in [-0.25, -0.2) is 9.78 Å². The Morgan fingerprint density at radius 1 is 0.848 bits per heavy atom. The number of rotatable bonds is 11. The van der Waals surface area contributed by atoms with Gasteiger partial charge in [0.1, 0.15) is 11.6 Å². The minimum atomic E-state index is -0.351. The van der Waals surface area contributed by atoms with Gasteiger partial charge in [-0.15, -0.1) is 0 Å². The summed E-state index contributed by atoms with van der Waals surface area (Å²) in [6, 6.07) is 24.3. The second-order valence-electron chi connectivity index (χ2n) is 8.20. The Morgan fingerprint density at radius 3 is 2.42 bits per heavy atom. The van der Waals surface area contributed by atoms with Crippen molar-refractivity contribution < 1.29 is 14.3 Å². The largest absolute Gasteiger partial charge is 0.494 e. The summed E-state index contributed by atoms with van der Waals surface area (Å²) in [7, 11) is 1.38. The fraction of sp³-hybridized carbons (Fsp3) is 0.286. The van der Waals surface area contributed by atoms with Crippen LogP contribution in [-0.2, 0) is 24.0 Å². The first-order chi connectivity index (χ1) is 16.2. The van der Waals surface area contributed by atoms with Gasteiger partial charge in [0, 0.05) is 6.42 Å². The van der Waals surface area contributed by atoms with Crippen molar-refractivity contribution in [3.8, 4) is 5.75 Å². The van der Waals surface area contributed by atoms with Gasteiger partial charge in [-0.2, -0.15) is 0 Å². The number of methoxy groups -OCH3 is 1. The molecule has 0 spiro atoms. The third-order valence-electron chi connectivity index (χ3n) is 5.75. The van der Waals surface area contributed by atoms with Crippen LogP contribution in [0, 0.1) is 0 Å². The van der Waals surface area contributed by atoms with Gasteiger partial charge < -0.3 is 14.5 Å². The molecule has 4 rings (SSSR count). The SMILES string of the molecule is COC(=O)c1ccc2[nH]c(CCc3ccc(OCCCCCc4ccccc4)cc3)nc2c1. The van der Waals surface area contributed by atoms with Crippen molar-refractivity contribution >= 4 is 17.0 Å². The Morgan fingerprint density at radius 2 is 1.64 bits per heavy atom.